The predicted molar refractivity (Wildman–Crippen MR) is 226 cm³/mol. The Balaban J connectivity index is 1.08. The van der Waals surface area contributed by atoms with Crippen molar-refractivity contribution in [2.24, 2.45) is 0 Å². The maximum atomic E-state index is 4.41. The Morgan fingerprint density at radius 2 is 1.33 bits per heavy atom. The lowest BCUT2D eigenvalue weighted by atomic mass is 9.82. The second kappa shape index (κ2) is 12.6. The minimum absolute atomic E-state index is 0.0956. The number of nitrogens with zero attached hydrogens (tertiary/aromatic N) is 3. The summed E-state index contributed by atoms with van der Waals surface area (Å²) in [5.74, 6) is 0.359. The van der Waals surface area contributed by atoms with Gasteiger partial charge in [0.2, 0.25) is 0 Å². The van der Waals surface area contributed by atoms with E-state index in [1.54, 1.807) is 0 Å². The monoisotopic (exact) mass is 695 g/mol. The van der Waals surface area contributed by atoms with Gasteiger partial charge in [-0.2, -0.15) is 0 Å². The quantitative estimate of drug-likeness (QED) is 0.173. The zero-order valence-corrected chi connectivity index (χ0v) is 30.9. The van der Waals surface area contributed by atoms with Crippen LogP contribution in [0.25, 0.3) is 50.5 Å². The molecule has 2 aromatic heterocycles. The number of anilines is 3. The zero-order chi connectivity index (χ0) is 36.4. The summed E-state index contributed by atoms with van der Waals surface area (Å²) >= 11 is 0. The van der Waals surface area contributed by atoms with Crippen LogP contribution < -0.4 is 4.90 Å². The molecule has 54 heavy (non-hydrogen) atoms. The molecule has 2 heterocycles. The largest absolute Gasteiger partial charge is 0.313 e. The van der Waals surface area contributed by atoms with E-state index >= 15 is 0 Å². The van der Waals surface area contributed by atoms with Gasteiger partial charge in [0.25, 0.3) is 0 Å². The Morgan fingerprint density at radius 1 is 0.611 bits per heavy atom. The van der Waals surface area contributed by atoms with Crippen molar-refractivity contribution in [3.8, 4) is 27.9 Å². The van der Waals surface area contributed by atoms with Crippen LogP contribution in [0.5, 0.6) is 0 Å². The van der Waals surface area contributed by atoms with E-state index in [0.717, 1.165) is 34.6 Å². The molecule has 3 nitrogen and oxygen atoms in total. The van der Waals surface area contributed by atoms with Gasteiger partial charge < -0.3 is 9.47 Å². The number of allylic oxidation sites excluding steroid dienone is 1. The Labute approximate surface area is 317 Å². The summed E-state index contributed by atoms with van der Waals surface area (Å²) < 4.78 is 2.47. The van der Waals surface area contributed by atoms with E-state index in [1.807, 2.05) is 18.5 Å². The van der Waals surface area contributed by atoms with E-state index in [0.29, 0.717) is 5.92 Å². The average molecular weight is 696 g/mol. The molecule has 0 amide bonds. The van der Waals surface area contributed by atoms with E-state index in [-0.39, 0.29) is 5.41 Å². The second-order valence-corrected chi connectivity index (χ2v) is 15.3. The van der Waals surface area contributed by atoms with Crippen molar-refractivity contribution in [2.45, 2.75) is 38.5 Å². The fraction of sp³-hybridized carbons (Fsp3) is 0.118. The summed E-state index contributed by atoms with van der Waals surface area (Å²) in [7, 11) is 0. The van der Waals surface area contributed by atoms with Crippen LogP contribution in [0, 0.1) is 0 Å². The highest BCUT2D eigenvalue weighted by Gasteiger charge is 2.36. The van der Waals surface area contributed by atoms with Gasteiger partial charge in [-0.15, -0.1) is 0 Å². The first-order valence-electron chi connectivity index (χ1n) is 19.0. The number of hydrogen-bond donors (Lipinski definition) is 0. The molecule has 0 aliphatic heterocycles. The number of aromatic nitrogens is 2. The highest BCUT2D eigenvalue weighted by atomic mass is 15.1. The third-order valence-corrected chi connectivity index (χ3v) is 11.7. The normalized spacial score (nSPS) is 15.3. The van der Waals surface area contributed by atoms with Crippen molar-refractivity contribution in [3.05, 3.63) is 198 Å². The van der Waals surface area contributed by atoms with Gasteiger partial charge in [-0.1, -0.05) is 118 Å². The number of rotatable bonds is 6. The van der Waals surface area contributed by atoms with Crippen molar-refractivity contribution in [3.63, 3.8) is 0 Å². The van der Waals surface area contributed by atoms with E-state index in [9.17, 15) is 0 Å². The maximum Gasteiger partial charge on any atom is 0.0537 e. The number of para-hydroxylation sites is 2. The second-order valence-electron chi connectivity index (χ2n) is 15.3. The fourth-order valence-corrected chi connectivity index (χ4v) is 9.10. The molecule has 1 atom stereocenters. The molecule has 2 aliphatic carbocycles. The SMILES string of the molecule is CC1CC(c2ccc(N(c3cccc(-c4cccnc4)c3)c3ccc4c(c3)C(C)(C)c3ccccc3-4)cc2)=Cc2c1n(-c1ccccc1)c1ccccc21. The summed E-state index contributed by atoms with van der Waals surface area (Å²) in [5, 5.41) is 1.30. The lowest BCUT2D eigenvalue weighted by Gasteiger charge is -2.29. The van der Waals surface area contributed by atoms with E-state index in [1.165, 1.54) is 61.2 Å². The molecule has 8 aromatic rings. The predicted octanol–water partition coefficient (Wildman–Crippen LogP) is 13.5. The van der Waals surface area contributed by atoms with Crippen LogP contribution in [0.15, 0.2) is 170 Å². The summed E-state index contributed by atoms with van der Waals surface area (Å²) in [6.45, 7) is 7.08. The van der Waals surface area contributed by atoms with Crippen LogP contribution in [0.4, 0.5) is 17.1 Å². The summed E-state index contributed by atoms with van der Waals surface area (Å²) in [6.07, 6.45) is 7.19. The van der Waals surface area contributed by atoms with Crippen molar-refractivity contribution in [1.29, 1.82) is 0 Å². The third-order valence-electron chi connectivity index (χ3n) is 11.7. The molecule has 260 valence electrons. The lowest BCUT2D eigenvalue weighted by Crippen LogP contribution is -2.16. The van der Waals surface area contributed by atoms with Crippen molar-refractivity contribution >= 4 is 39.6 Å². The van der Waals surface area contributed by atoms with Gasteiger partial charge in [-0.25, -0.2) is 0 Å². The highest BCUT2D eigenvalue weighted by molar-refractivity contribution is 5.99. The van der Waals surface area contributed by atoms with E-state index in [4.69, 9.17) is 0 Å². The molecule has 6 aromatic carbocycles. The van der Waals surface area contributed by atoms with Gasteiger partial charge in [-0.05, 0) is 112 Å². The first-order chi connectivity index (χ1) is 26.5. The van der Waals surface area contributed by atoms with Gasteiger partial charge in [0.1, 0.15) is 0 Å². The first kappa shape index (κ1) is 32.2. The zero-order valence-electron chi connectivity index (χ0n) is 30.9. The molecular formula is C51H41N3. The molecule has 0 radical (unpaired) electrons. The molecule has 0 spiro atoms. The molecule has 0 saturated carbocycles. The summed E-state index contributed by atoms with van der Waals surface area (Å²) in [6, 6.07) is 57.7. The van der Waals surface area contributed by atoms with Crippen LogP contribution in [0.2, 0.25) is 0 Å². The maximum absolute atomic E-state index is 4.41. The van der Waals surface area contributed by atoms with Crippen LogP contribution in [0.3, 0.4) is 0 Å². The van der Waals surface area contributed by atoms with Gasteiger partial charge in [0.15, 0.2) is 0 Å². The van der Waals surface area contributed by atoms with Crippen molar-refractivity contribution in [1.82, 2.24) is 9.55 Å². The number of hydrogen-bond acceptors (Lipinski definition) is 2. The van der Waals surface area contributed by atoms with Crippen molar-refractivity contribution < 1.29 is 0 Å². The van der Waals surface area contributed by atoms with E-state index in [2.05, 4.69) is 193 Å². The molecule has 3 heteroatoms. The van der Waals surface area contributed by atoms with Gasteiger partial charge in [-0.3, -0.25) is 4.98 Å². The highest BCUT2D eigenvalue weighted by Crippen LogP contribution is 2.51. The molecule has 0 fully saturated rings. The van der Waals surface area contributed by atoms with Gasteiger partial charge >= 0.3 is 0 Å². The molecule has 2 aliphatic rings. The Morgan fingerprint density at radius 3 is 2.17 bits per heavy atom. The molecule has 0 N–H and O–H groups in total. The summed E-state index contributed by atoms with van der Waals surface area (Å²) in [4.78, 5) is 6.82. The van der Waals surface area contributed by atoms with Crippen molar-refractivity contribution in [2.75, 3.05) is 4.90 Å². The average Bonchev–Trinajstić information content (AvgIpc) is 3.68. The Bertz CT molecular complexity index is 2720. The smallest absolute Gasteiger partial charge is 0.0537 e. The third kappa shape index (κ3) is 5.15. The molecule has 10 rings (SSSR count). The fourth-order valence-electron chi connectivity index (χ4n) is 9.10. The minimum atomic E-state index is -0.0956. The molecule has 1 unspecified atom stereocenters. The summed E-state index contributed by atoms with van der Waals surface area (Å²) in [5.41, 5.74) is 18.8. The Hall–Kier alpha value is -6.45. The lowest BCUT2D eigenvalue weighted by molar-refractivity contribution is 0.660. The van der Waals surface area contributed by atoms with Gasteiger partial charge in [0, 0.05) is 68.7 Å². The number of pyridine rings is 1. The number of fused-ring (bicyclic) bond motifs is 6. The van der Waals surface area contributed by atoms with Crippen LogP contribution in [0.1, 0.15) is 61.1 Å². The van der Waals surface area contributed by atoms with Crippen LogP contribution in [-0.4, -0.2) is 9.55 Å². The van der Waals surface area contributed by atoms with Gasteiger partial charge in [0.05, 0.1) is 5.52 Å². The minimum Gasteiger partial charge on any atom is -0.313 e. The molecular weight excluding hydrogens is 655 g/mol. The topological polar surface area (TPSA) is 21.1 Å². The Kier molecular flexibility index (Phi) is 7.52. The van der Waals surface area contributed by atoms with Crippen LogP contribution >= 0.6 is 0 Å². The van der Waals surface area contributed by atoms with E-state index < -0.39 is 0 Å². The van der Waals surface area contributed by atoms with Crippen LogP contribution in [-0.2, 0) is 5.41 Å². The standard InChI is InChI=1S/C51H41N3/c1-34-29-38(31-46-45-19-8-10-21-49(45)54(50(34)46)39-15-5-4-6-16-39)35-22-24-40(25-23-35)53(41-17-11-13-36(30-41)37-14-12-28-52-33-37)42-26-27-44-43-18-7-9-20-47(43)51(2,3)48(44)32-42/h4-28,30-34H,29H2,1-3H3. The molecule has 0 saturated heterocycles. The first-order valence-corrected chi connectivity index (χ1v) is 19.0. The molecule has 0 bridgehead atoms. The number of benzene rings is 6.